The summed E-state index contributed by atoms with van der Waals surface area (Å²) in [5, 5.41) is 0. The Balaban J connectivity index is 1.86. The Morgan fingerprint density at radius 3 is 2.41 bits per heavy atom. The lowest BCUT2D eigenvalue weighted by Gasteiger charge is -2.36. The second-order valence-electron chi connectivity index (χ2n) is 6.69. The van der Waals surface area contributed by atoms with E-state index in [1.165, 1.54) is 18.2 Å². The van der Waals surface area contributed by atoms with Crippen molar-refractivity contribution >= 4 is 10.0 Å². The average Bonchev–Trinajstić information content (AvgIpc) is 3.16. The fourth-order valence-electron chi connectivity index (χ4n) is 3.60. The summed E-state index contributed by atoms with van der Waals surface area (Å²) in [6.07, 6.45) is -2.91. The summed E-state index contributed by atoms with van der Waals surface area (Å²) >= 11 is 0. The Hall–Kier alpha value is -2.65. The van der Waals surface area contributed by atoms with Crippen molar-refractivity contribution in [3.05, 3.63) is 89.5 Å². The van der Waals surface area contributed by atoms with Crippen LogP contribution in [0.15, 0.2) is 71.8 Å². The molecule has 0 spiro atoms. The monoisotopic (exact) mass is 424 g/mol. The minimum absolute atomic E-state index is 0.000734. The van der Waals surface area contributed by atoms with Gasteiger partial charge in [-0.1, -0.05) is 24.3 Å². The van der Waals surface area contributed by atoms with Gasteiger partial charge in [0.15, 0.2) is 0 Å². The van der Waals surface area contributed by atoms with Gasteiger partial charge in [0.1, 0.15) is 5.82 Å². The summed E-state index contributed by atoms with van der Waals surface area (Å²) in [5.74, 6) is -0.587. The lowest BCUT2D eigenvalue weighted by atomic mass is 10.0. The highest BCUT2D eigenvalue weighted by Crippen LogP contribution is 2.38. The Morgan fingerprint density at radius 2 is 1.69 bits per heavy atom. The molecular formula is C20H16F4N2O2S. The van der Waals surface area contributed by atoms with Gasteiger partial charge in [-0.2, -0.15) is 17.5 Å². The zero-order valence-electron chi connectivity index (χ0n) is 15.0. The number of rotatable bonds is 3. The first-order chi connectivity index (χ1) is 13.7. The SMILES string of the molecule is O=S(=O)(c1cccc(C(F)(F)F)c1)N1CCn2cccc2[C@@H]1c1ccccc1F. The third kappa shape index (κ3) is 3.44. The van der Waals surface area contributed by atoms with Crippen LogP contribution < -0.4 is 0 Å². The van der Waals surface area contributed by atoms with Crippen LogP contribution in [0.5, 0.6) is 0 Å². The molecule has 0 N–H and O–H groups in total. The third-order valence-electron chi connectivity index (χ3n) is 4.96. The van der Waals surface area contributed by atoms with Crippen LogP contribution in [-0.2, 0) is 22.7 Å². The van der Waals surface area contributed by atoms with Gasteiger partial charge in [-0.05, 0) is 36.4 Å². The molecule has 9 heteroatoms. The second kappa shape index (κ2) is 7.00. The van der Waals surface area contributed by atoms with Crippen molar-refractivity contribution < 1.29 is 26.0 Å². The van der Waals surface area contributed by atoms with Crippen molar-refractivity contribution in [3.63, 3.8) is 0 Å². The number of aromatic nitrogens is 1. The molecule has 0 saturated carbocycles. The average molecular weight is 424 g/mol. The van der Waals surface area contributed by atoms with Crippen LogP contribution in [-0.4, -0.2) is 23.8 Å². The van der Waals surface area contributed by atoms with Crippen LogP contribution in [0.1, 0.15) is 22.9 Å². The van der Waals surface area contributed by atoms with E-state index < -0.39 is 38.5 Å². The molecule has 0 aliphatic carbocycles. The van der Waals surface area contributed by atoms with Gasteiger partial charge in [-0.3, -0.25) is 0 Å². The summed E-state index contributed by atoms with van der Waals surface area (Å²) in [6.45, 7) is 0.310. The van der Waals surface area contributed by atoms with E-state index in [2.05, 4.69) is 0 Å². The maximum absolute atomic E-state index is 14.6. The van der Waals surface area contributed by atoms with Gasteiger partial charge in [0.25, 0.3) is 0 Å². The maximum atomic E-state index is 14.6. The number of halogens is 4. The Morgan fingerprint density at radius 1 is 0.931 bits per heavy atom. The molecule has 3 aromatic rings. The van der Waals surface area contributed by atoms with Crippen molar-refractivity contribution in [2.24, 2.45) is 0 Å². The maximum Gasteiger partial charge on any atom is 0.416 e. The molecule has 0 bridgehead atoms. The minimum Gasteiger partial charge on any atom is -0.348 e. The molecule has 0 amide bonds. The Kier molecular flexibility index (Phi) is 4.74. The Bertz CT molecular complexity index is 1160. The van der Waals surface area contributed by atoms with E-state index >= 15 is 0 Å². The second-order valence-corrected chi connectivity index (χ2v) is 8.58. The zero-order valence-corrected chi connectivity index (χ0v) is 15.8. The predicted octanol–water partition coefficient (Wildman–Crippen LogP) is 4.44. The fourth-order valence-corrected chi connectivity index (χ4v) is 5.22. The van der Waals surface area contributed by atoms with Gasteiger partial charge in [-0.25, -0.2) is 12.8 Å². The van der Waals surface area contributed by atoms with Gasteiger partial charge in [-0.15, -0.1) is 0 Å². The minimum atomic E-state index is -4.67. The number of hydrogen-bond acceptors (Lipinski definition) is 2. The molecule has 2 aromatic carbocycles. The molecule has 29 heavy (non-hydrogen) atoms. The van der Waals surface area contributed by atoms with E-state index in [0.717, 1.165) is 22.5 Å². The predicted molar refractivity (Wildman–Crippen MR) is 98.0 cm³/mol. The van der Waals surface area contributed by atoms with Crippen molar-refractivity contribution in [2.45, 2.75) is 23.7 Å². The number of sulfonamides is 1. The van der Waals surface area contributed by atoms with Crippen LogP contribution in [0.3, 0.4) is 0 Å². The summed E-state index contributed by atoms with van der Waals surface area (Å²) in [6, 6.07) is 11.8. The summed E-state index contributed by atoms with van der Waals surface area (Å²) in [7, 11) is -4.33. The van der Waals surface area contributed by atoms with Crippen molar-refractivity contribution in [3.8, 4) is 0 Å². The number of fused-ring (bicyclic) bond motifs is 1. The van der Waals surface area contributed by atoms with E-state index in [4.69, 9.17) is 0 Å². The third-order valence-corrected chi connectivity index (χ3v) is 6.82. The standard InChI is InChI=1S/C20H16F4N2O2S/c21-17-8-2-1-7-16(17)19-18-9-4-10-25(18)11-12-26(19)29(27,28)15-6-3-5-14(13-15)20(22,23)24/h1-10,13,19H,11-12H2/t19-/m0/s1. The number of nitrogens with zero attached hydrogens (tertiary/aromatic N) is 2. The van der Waals surface area contributed by atoms with Crippen molar-refractivity contribution in [2.75, 3.05) is 6.54 Å². The van der Waals surface area contributed by atoms with Crippen LogP contribution in [0, 0.1) is 5.82 Å². The topological polar surface area (TPSA) is 42.3 Å². The first-order valence-electron chi connectivity index (χ1n) is 8.78. The first kappa shape index (κ1) is 19.7. The quantitative estimate of drug-likeness (QED) is 0.584. The van der Waals surface area contributed by atoms with Crippen molar-refractivity contribution in [1.29, 1.82) is 0 Å². The number of alkyl halides is 3. The molecule has 2 heterocycles. The number of benzene rings is 2. The van der Waals surface area contributed by atoms with Gasteiger partial charge in [0, 0.05) is 30.5 Å². The highest BCUT2D eigenvalue weighted by molar-refractivity contribution is 7.89. The summed E-state index contributed by atoms with van der Waals surface area (Å²) in [4.78, 5) is -0.478. The lowest BCUT2D eigenvalue weighted by Crippen LogP contribution is -2.42. The van der Waals surface area contributed by atoms with Gasteiger partial charge in [0.2, 0.25) is 10.0 Å². The van der Waals surface area contributed by atoms with Crippen LogP contribution in [0.2, 0.25) is 0 Å². The Labute approximate surface area is 165 Å². The molecule has 152 valence electrons. The van der Waals surface area contributed by atoms with Crippen LogP contribution in [0.4, 0.5) is 17.6 Å². The first-order valence-corrected chi connectivity index (χ1v) is 10.2. The van der Waals surface area contributed by atoms with E-state index in [9.17, 15) is 26.0 Å². The molecule has 1 aliphatic heterocycles. The smallest absolute Gasteiger partial charge is 0.348 e. The molecule has 0 radical (unpaired) electrons. The molecule has 0 unspecified atom stereocenters. The largest absolute Gasteiger partial charge is 0.416 e. The zero-order chi connectivity index (χ0) is 20.8. The van der Waals surface area contributed by atoms with Gasteiger partial charge < -0.3 is 4.57 Å². The summed E-state index contributed by atoms with van der Waals surface area (Å²) < 4.78 is 83.4. The molecule has 1 aromatic heterocycles. The number of hydrogen-bond donors (Lipinski definition) is 0. The van der Waals surface area contributed by atoms with Crippen LogP contribution >= 0.6 is 0 Å². The van der Waals surface area contributed by atoms with E-state index in [0.29, 0.717) is 18.3 Å². The molecule has 1 atom stereocenters. The lowest BCUT2D eigenvalue weighted by molar-refractivity contribution is -0.137. The van der Waals surface area contributed by atoms with Gasteiger partial charge in [0.05, 0.1) is 16.5 Å². The molecule has 1 aliphatic rings. The van der Waals surface area contributed by atoms with Crippen LogP contribution in [0.25, 0.3) is 0 Å². The molecular weight excluding hydrogens is 408 g/mol. The molecule has 4 rings (SSSR count). The van der Waals surface area contributed by atoms with Gasteiger partial charge >= 0.3 is 6.18 Å². The fraction of sp³-hybridized carbons (Fsp3) is 0.200. The van der Waals surface area contributed by atoms with E-state index in [1.54, 1.807) is 24.4 Å². The molecule has 0 fully saturated rings. The molecule has 4 nitrogen and oxygen atoms in total. The highest BCUT2D eigenvalue weighted by atomic mass is 32.2. The van der Waals surface area contributed by atoms with E-state index in [-0.39, 0.29) is 12.1 Å². The highest BCUT2D eigenvalue weighted by Gasteiger charge is 2.40. The van der Waals surface area contributed by atoms with Crippen molar-refractivity contribution in [1.82, 2.24) is 8.87 Å². The summed E-state index contributed by atoms with van der Waals surface area (Å²) in [5.41, 5.74) is -0.360. The normalized spacial score (nSPS) is 17.9. The molecule has 0 saturated heterocycles. The van der Waals surface area contributed by atoms with E-state index in [1.807, 2.05) is 4.57 Å².